The summed E-state index contributed by atoms with van der Waals surface area (Å²) in [4.78, 5) is 4.44. The highest BCUT2D eigenvalue weighted by atomic mass is 79.9. The number of hydrogen-bond acceptors (Lipinski definition) is 3. The van der Waals surface area contributed by atoms with Gasteiger partial charge in [-0.05, 0) is 52.4 Å². The van der Waals surface area contributed by atoms with Crippen molar-refractivity contribution in [2.45, 2.75) is 24.8 Å². The predicted molar refractivity (Wildman–Crippen MR) is 119 cm³/mol. The van der Waals surface area contributed by atoms with Crippen molar-refractivity contribution in [1.29, 1.82) is 0 Å². The molecule has 1 fully saturated rings. The summed E-state index contributed by atoms with van der Waals surface area (Å²) in [6.45, 7) is 0. The third-order valence-electron chi connectivity index (χ3n) is 5.52. The standard InChI is InChI=1S/C22H19BrN4.ClH/c23-19-14-25-20-13-18(15-5-2-1-3-6-15)21(26-27(19)20)16-7-9-17(10-8-16)22(24)11-4-12-22;/h1-3,5-10,13-14H,4,11-12,24H2;1H. The summed E-state index contributed by atoms with van der Waals surface area (Å²) in [6.07, 6.45) is 5.11. The first kappa shape index (κ1) is 19.1. The minimum atomic E-state index is -0.147. The lowest BCUT2D eigenvalue weighted by Gasteiger charge is -2.38. The van der Waals surface area contributed by atoms with Gasteiger partial charge in [0.15, 0.2) is 5.65 Å². The minimum Gasteiger partial charge on any atom is -0.321 e. The maximum Gasteiger partial charge on any atom is 0.155 e. The highest BCUT2D eigenvalue weighted by Gasteiger charge is 2.34. The van der Waals surface area contributed by atoms with E-state index in [1.54, 1.807) is 6.20 Å². The zero-order chi connectivity index (χ0) is 18.4. The van der Waals surface area contributed by atoms with Crippen LogP contribution in [0.4, 0.5) is 0 Å². The van der Waals surface area contributed by atoms with Gasteiger partial charge in [-0.2, -0.15) is 5.10 Å². The molecule has 4 nitrogen and oxygen atoms in total. The van der Waals surface area contributed by atoms with Crippen LogP contribution in [0.5, 0.6) is 0 Å². The molecule has 0 bridgehead atoms. The van der Waals surface area contributed by atoms with Crippen molar-refractivity contribution in [3.63, 3.8) is 0 Å². The molecule has 0 aliphatic heterocycles. The number of aromatic nitrogens is 3. The van der Waals surface area contributed by atoms with E-state index < -0.39 is 0 Å². The Morgan fingerprint density at radius 2 is 1.68 bits per heavy atom. The first-order valence-corrected chi connectivity index (χ1v) is 9.93. The van der Waals surface area contributed by atoms with Crippen LogP contribution in [0.15, 0.2) is 71.5 Å². The lowest BCUT2D eigenvalue weighted by atomic mass is 9.72. The topological polar surface area (TPSA) is 56.2 Å². The highest BCUT2D eigenvalue weighted by Crippen LogP contribution is 2.39. The Kier molecular flexibility index (Phi) is 5.00. The number of benzene rings is 2. The van der Waals surface area contributed by atoms with Gasteiger partial charge in [0.2, 0.25) is 0 Å². The molecule has 2 heterocycles. The molecule has 1 aliphatic carbocycles. The second kappa shape index (κ2) is 7.32. The number of nitrogens with zero attached hydrogens (tertiary/aromatic N) is 3. The summed E-state index contributed by atoms with van der Waals surface area (Å²) >= 11 is 3.53. The molecule has 0 unspecified atom stereocenters. The van der Waals surface area contributed by atoms with Crippen molar-refractivity contribution in [1.82, 2.24) is 14.6 Å². The summed E-state index contributed by atoms with van der Waals surface area (Å²) in [7, 11) is 0. The fraction of sp³-hybridized carbons (Fsp3) is 0.182. The van der Waals surface area contributed by atoms with E-state index in [9.17, 15) is 0 Å². The van der Waals surface area contributed by atoms with Gasteiger partial charge in [-0.25, -0.2) is 9.50 Å². The van der Waals surface area contributed by atoms with Crippen LogP contribution >= 0.6 is 28.3 Å². The van der Waals surface area contributed by atoms with Gasteiger partial charge in [0, 0.05) is 16.7 Å². The molecular weight excluding hydrogens is 436 g/mol. The van der Waals surface area contributed by atoms with Crippen molar-refractivity contribution in [3.05, 3.63) is 77.0 Å². The van der Waals surface area contributed by atoms with E-state index in [0.717, 1.165) is 45.5 Å². The number of rotatable bonds is 3. The predicted octanol–water partition coefficient (Wildman–Crippen LogP) is 5.59. The second-order valence-electron chi connectivity index (χ2n) is 7.21. The molecule has 1 aliphatic rings. The Morgan fingerprint density at radius 1 is 0.964 bits per heavy atom. The van der Waals surface area contributed by atoms with Gasteiger partial charge in [-0.3, -0.25) is 0 Å². The van der Waals surface area contributed by atoms with E-state index in [1.165, 1.54) is 12.0 Å². The molecule has 142 valence electrons. The van der Waals surface area contributed by atoms with Crippen molar-refractivity contribution in [3.8, 4) is 22.4 Å². The largest absolute Gasteiger partial charge is 0.321 e. The molecule has 0 atom stereocenters. The van der Waals surface area contributed by atoms with E-state index in [-0.39, 0.29) is 17.9 Å². The number of fused-ring (bicyclic) bond motifs is 1. The smallest absolute Gasteiger partial charge is 0.155 e. The number of nitrogens with two attached hydrogens (primary N) is 1. The monoisotopic (exact) mass is 454 g/mol. The van der Waals surface area contributed by atoms with E-state index in [4.69, 9.17) is 10.8 Å². The van der Waals surface area contributed by atoms with Crippen LogP contribution in [-0.4, -0.2) is 14.6 Å². The first-order valence-electron chi connectivity index (χ1n) is 9.14. The zero-order valence-corrected chi connectivity index (χ0v) is 17.6. The SMILES string of the molecule is Cl.NC1(c2ccc(-c3nn4c(Br)cnc4cc3-c3ccccc3)cc2)CCC1. The Hall–Kier alpha value is -2.21. The van der Waals surface area contributed by atoms with E-state index in [2.05, 4.69) is 63.4 Å². The van der Waals surface area contributed by atoms with Crippen LogP contribution in [-0.2, 0) is 5.54 Å². The van der Waals surface area contributed by atoms with Crippen molar-refractivity contribution >= 4 is 34.0 Å². The summed E-state index contributed by atoms with van der Waals surface area (Å²) < 4.78 is 2.66. The molecule has 2 aromatic carbocycles. The normalized spacial score (nSPS) is 15.1. The molecule has 2 N–H and O–H groups in total. The maximum absolute atomic E-state index is 6.48. The van der Waals surface area contributed by atoms with Gasteiger partial charge < -0.3 is 5.73 Å². The van der Waals surface area contributed by atoms with Crippen molar-refractivity contribution < 1.29 is 0 Å². The summed E-state index contributed by atoms with van der Waals surface area (Å²) in [5.41, 5.74) is 12.6. The quantitative estimate of drug-likeness (QED) is 0.438. The minimum absolute atomic E-state index is 0. The van der Waals surface area contributed by atoms with Gasteiger partial charge in [-0.1, -0.05) is 54.6 Å². The van der Waals surface area contributed by atoms with Gasteiger partial charge >= 0.3 is 0 Å². The molecule has 28 heavy (non-hydrogen) atoms. The van der Waals surface area contributed by atoms with Crippen molar-refractivity contribution in [2.24, 2.45) is 5.73 Å². The van der Waals surface area contributed by atoms with Crippen LogP contribution in [0.25, 0.3) is 28.0 Å². The molecule has 5 rings (SSSR count). The Labute approximate surface area is 178 Å². The molecule has 2 aromatic heterocycles. The fourth-order valence-electron chi connectivity index (χ4n) is 3.74. The molecule has 0 radical (unpaired) electrons. The first-order chi connectivity index (χ1) is 13.1. The van der Waals surface area contributed by atoms with E-state index in [1.807, 2.05) is 22.7 Å². The summed E-state index contributed by atoms with van der Waals surface area (Å²) in [5.74, 6) is 0. The Morgan fingerprint density at radius 3 is 2.32 bits per heavy atom. The molecule has 1 saturated carbocycles. The average Bonchev–Trinajstić information content (AvgIpc) is 3.06. The van der Waals surface area contributed by atoms with Crippen LogP contribution < -0.4 is 5.73 Å². The van der Waals surface area contributed by atoms with Crippen molar-refractivity contribution in [2.75, 3.05) is 0 Å². The Balaban J connectivity index is 0.00000192. The van der Waals surface area contributed by atoms with E-state index in [0.29, 0.717) is 0 Å². The highest BCUT2D eigenvalue weighted by molar-refractivity contribution is 9.10. The summed E-state index contributed by atoms with van der Waals surface area (Å²) in [6, 6.07) is 21.0. The van der Waals surface area contributed by atoms with Crippen LogP contribution in [0.1, 0.15) is 24.8 Å². The lowest BCUT2D eigenvalue weighted by molar-refractivity contribution is 0.253. The van der Waals surface area contributed by atoms with Gasteiger partial charge in [0.1, 0.15) is 4.60 Å². The number of halogens is 2. The lowest BCUT2D eigenvalue weighted by Crippen LogP contribution is -2.43. The molecule has 0 spiro atoms. The molecule has 6 heteroatoms. The molecule has 4 aromatic rings. The summed E-state index contributed by atoms with van der Waals surface area (Å²) in [5, 5.41) is 4.88. The van der Waals surface area contributed by atoms with Gasteiger partial charge in [0.05, 0.1) is 11.9 Å². The number of hydrogen-bond donors (Lipinski definition) is 1. The Bertz CT molecular complexity index is 1120. The van der Waals surface area contributed by atoms with Gasteiger partial charge in [0.25, 0.3) is 0 Å². The maximum atomic E-state index is 6.48. The van der Waals surface area contributed by atoms with Crippen LogP contribution in [0.3, 0.4) is 0 Å². The third kappa shape index (κ3) is 3.13. The van der Waals surface area contributed by atoms with E-state index >= 15 is 0 Å². The molecule has 0 saturated heterocycles. The van der Waals surface area contributed by atoms with Gasteiger partial charge in [-0.15, -0.1) is 12.4 Å². The third-order valence-corrected chi connectivity index (χ3v) is 6.06. The molecule has 0 amide bonds. The second-order valence-corrected chi connectivity index (χ2v) is 8.02. The average molecular weight is 456 g/mol. The fourth-order valence-corrected chi connectivity index (χ4v) is 4.11. The van der Waals surface area contributed by atoms with Crippen LogP contribution in [0.2, 0.25) is 0 Å². The molecular formula is C22H20BrClN4. The number of imidazole rings is 1. The zero-order valence-electron chi connectivity index (χ0n) is 15.2. The van der Waals surface area contributed by atoms with Crippen LogP contribution in [0, 0.1) is 0 Å².